The minimum Gasteiger partial charge on any atom is -0.384 e. The van der Waals surface area contributed by atoms with Gasteiger partial charge < -0.3 is 5.32 Å². The lowest BCUT2D eigenvalue weighted by Crippen LogP contribution is -2.13. The predicted octanol–water partition coefficient (Wildman–Crippen LogP) is 4.17. The number of thioether (sulfide) groups is 1. The van der Waals surface area contributed by atoms with Gasteiger partial charge in [0.2, 0.25) is 0 Å². The summed E-state index contributed by atoms with van der Waals surface area (Å²) in [6, 6.07) is 16.6. The van der Waals surface area contributed by atoms with E-state index in [-0.39, 0.29) is 0 Å². The fourth-order valence-corrected chi connectivity index (χ4v) is 3.77. The maximum absolute atomic E-state index is 8.98. The summed E-state index contributed by atoms with van der Waals surface area (Å²) < 4.78 is 0. The van der Waals surface area contributed by atoms with E-state index in [2.05, 4.69) is 42.6 Å². The molecule has 1 atom stereocenters. The molecular weight excluding hydrogens is 264 g/mol. The fourth-order valence-electron chi connectivity index (χ4n) is 2.51. The summed E-state index contributed by atoms with van der Waals surface area (Å²) in [6.07, 6.45) is 0. The SMILES string of the molecule is Cc1ccc(C#N)cc1NCC1CSc2ccccc21. The second-order valence-electron chi connectivity index (χ2n) is 5.07. The lowest BCUT2D eigenvalue weighted by Gasteiger charge is -2.15. The van der Waals surface area contributed by atoms with Gasteiger partial charge in [0.05, 0.1) is 11.6 Å². The van der Waals surface area contributed by atoms with Gasteiger partial charge in [-0.25, -0.2) is 0 Å². The van der Waals surface area contributed by atoms with Gasteiger partial charge in [0, 0.05) is 28.8 Å². The van der Waals surface area contributed by atoms with Gasteiger partial charge in [-0.1, -0.05) is 24.3 Å². The van der Waals surface area contributed by atoms with Crippen LogP contribution >= 0.6 is 11.8 Å². The van der Waals surface area contributed by atoms with E-state index in [0.29, 0.717) is 11.5 Å². The third kappa shape index (κ3) is 2.52. The molecule has 0 aromatic heterocycles. The van der Waals surface area contributed by atoms with E-state index in [9.17, 15) is 0 Å². The molecule has 3 heteroatoms. The predicted molar refractivity (Wildman–Crippen MR) is 84.3 cm³/mol. The number of nitrogens with one attached hydrogen (secondary N) is 1. The molecule has 1 unspecified atom stereocenters. The lowest BCUT2D eigenvalue weighted by atomic mass is 10.0. The van der Waals surface area contributed by atoms with Crippen molar-refractivity contribution < 1.29 is 0 Å². The highest BCUT2D eigenvalue weighted by atomic mass is 32.2. The number of fused-ring (bicyclic) bond motifs is 1. The minimum atomic E-state index is 0.543. The van der Waals surface area contributed by atoms with Crippen molar-refractivity contribution in [1.82, 2.24) is 0 Å². The van der Waals surface area contributed by atoms with Gasteiger partial charge in [-0.15, -0.1) is 11.8 Å². The Bertz CT molecular complexity index is 673. The summed E-state index contributed by atoms with van der Waals surface area (Å²) in [5.74, 6) is 1.67. The Morgan fingerprint density at radius 1 is 1.30 bits per heavy atom. The maximum Gasteiger partial charge on any atom is 0.0992 e. The number of hydrogen-bond donors (Lipinski definition) is 1. The highest BCUT2D eigenvalue weighted by Crippen LogP contribution is 2.39. The van der Waals surface area contributed by atoms with Crippen LogP contribution in [-0.4, -0.2) is 12.3 Å². The zero-order valence-corrected chi connectivity index (χ0v) is 12.2. The van der Waals surface area contributed by atoms with Crippen LogP contribution < -0.4 is 5.32 Å². The van der Waals surface area contributed by atoms with Gasteiger partial charge in [0.25, 0.3) is 0 Å². The number of hydrogen-bond acceptors (Lipinski definition) is 3. The maximum atomic E-state index is 8.98. The average molecular weight is 280 g/mol. The Morgan fingerprint density at radius 3 is 3.00 bits per heavy atom. The third-order valence-electron chi connectivity index (χ3n) is 3.70. The first-order chi connectivity index (χ1) is 9.78. The zero-order chi connectivity index (χ0) is 13.9. The number of nitriles is 1. The Morgan fingerprint density at radius 2 is 2.15 bits per heavy atom. The Hall–Kier alpha value is -1.92. The van der Waals surface area contributed by atoms with Crippen LogP contribution in [0, 0.1) is 18.3 Å². The molecule has 1 aliphatic rings. The first-order valence-electron chi connectivity index (χ1n) is 6.74. The fraction of sp³-hybridized carbons (Fsp3) is 0.235. The Labute approximate surface area is 123 Å². The van der Waals surface area contributed by atoms with E-state index in [1.807, 2.05) is 30.0 Å². The topological polar surface area (TPSA) is 35.8 Å². The van der Waals surface area contributed by atoms with E-state index < -0.39 is 0 Å². The quantitative estimate of drug-likeness (QED) is 0.916. The summed E-state index contributed by atoms with van der Waals surface area (Å²) in [5.41, 5.74) is 4.40. The summed E-state index contributed by atoms with van der Waals surface area (Å²) in [6.45, 7) is 2.99. The van der Waals surface area contributed by atoms with Gasteiger partial charge in [0.1, 0.15) is 0 Å². The molecule has 2 aromatic rings. The summed E-state index contributed by atoms with van der Waals surface area (Å²) in [7, 11) is 0. The minimum absolute atomic E-state index is 0.543. The number of aryl methyl sites for hydroxylation is 1. The highest BCUT2D eigenvalue weighted by Gasteiger charge is 2.22. The Kier molecular flexibility index (Phi) is 3.66. The average Bonchev–Trinajstić information content (AvgIpc) is 2.90. The van der Waals surface area contributed by atoms with Crippen molar-refractivity contribution in [3.8, 4) is 6.07 Å². The number of anilines is 1. The molecule has 0 fully saturated rings. The highest BCUT2D eigenvalue weighted by molar-refractivity contribution is 7.99. The summed E-state index contributed by atoms with van der Waals surface area (Å²) in [4.78, 5) is 1.40. The van der Waals surface area contributed by atoms with E-state index in [1.54, 1.807) is 0 Å². The van der Waals surface area contributed by atoms with Crippen molar-refractivity contribution >= 4 is 17.4 Å². The van der Waals surface area contributed by atoms with Crippen LogP contribution in [0.5, 0.6) is 0 Å². The summed E-state index contributed by atoms with van der Waals surface area (Å²) in [5, 5.41) is 12.5. The van der Waals surface area contributed by atoms with Crippen LogP contribution in [0.25, 0.3) is 0 Å². The van der Waals surface area contributed by atoms with E-state index in [4.69, 9.17) is 5.26 Å². The van der Waals surface area contributed by atoms with Gasteiger partial charge >= 0.3 is 0 Å². The molecule has 2 nitrogen and oxygen atoms in total. The van der Waals surface area contributed by atoms with Crippen LogP contribution in [0.2, 0.25) is 0 Å². The van der Waals surface area contributed by atoms with Crippen molar-refractivity contribution in [2.75, 3.05) is 17.6 Å². The molecule has 0 saturated carbocycles. The molecule has 1 heterocycles. The van der Waals surface area contributed by atoms with Crippen LogP contribution in [0.1, 0.15) is 22.6 Å². The number of rotatable bonds is 3. The van der Waals surface area contributed by atoms with E-state index in [0.717, 1.165) is 18.0 Å². The van der Waals surface area contributed by atoms with Crippen LogP contribution in [0.15, 0.2) is 47.4 Å². The van der Waals surface area contributed by atoms with Crippen LogP contribution in [0.3, 0.4) is 0 Å². The molecule has 0 saturated heterocycles. The van der Waals surface area contributed by atoms with Crippen molar-refractivity contribution in [2.24, 2.45) is 0 Å². The number of benzene rings is 2. The van der Waals surface area contributed by atoms with Crippen molar-refractivity contribution in [2.45, 2.75) is 17.7 Å². The van der Waals surface area contributed by atoms with Crippen molar-refractivity contribution in [3.63, 3.8) is 0 Å². The lowest BCUT2D eigenvalue weighted by molar-refractivity contribution is 0.818. The molecule has 100 valence electrons. The van der Waals surface area contributed by atoms with Gasteiger partial charge in [-0.2, -0.15) is 5.26 Å². The molecule has 0 aliphatic carbocycles. The molecule has 0 bridgehead atoms. The monoisotopic (exact) mass is 280 g/mol. The Balaban J connectivity index is 1.74. The molecular formula is C17H16N2S. The van der Waals surface area contributed by atoms with Crippen molar-refractivity contribution in [3.05, 3.63) is 59.2 Å². The second-order valence-corrected chi connectivity index (χ2v) is 6.13. The second kappa shape index (κ2) is 5.60. The molecule has 1 aliphatic heterocycles. The third-order valence-corrected chi connectivity index (χ3v) is 4.96. The number of nitrogens with zero attached hydrogens (tertiary/aromatic N) is 1. The van der Waals surface area contributed by atoms with Crippen molar-refractivity contribution in [1.29, 1.82) is 5.26 Å². The molecule has 1 N–H and O–H groups in total. The van der Waals surface area contributed by atoms with E-state index >= 15 is 0 Å². The summed E-state index contributed by atoms with van der Waals surface area (Å²) >= 11 is 1.93. The van der Waals surface area contributed by atoms with Gasteiger partial charge in [-0.05, 0) is 36.2 Å². The molecule has 2 aromatic carbocycles. The molecule has 0 amide bonds. The molecule has 20 heavy (non-hydrogen) atoms. The van der Waals surface area contributed by atoms with Gasteiger partial charge in [0.15, 0.2) is 0 Å². The first-order valence-corrected chi connectivity index (χ1v) is 7.73. The van der Waals surface area contributed by atoms with Crippen LogP contribution in [0.4, 0.5) is 5.69 Å². The largest absolute Gasteiger partial charge is 0.384 e. The molecule has 0 radical (unpaired) electrons. The normalized spacial score (nSPS) is 16.5. The zero-order valence-electron chi connectivity index (χ0n) is 11.4. The smallest absolute Gasteiger partial charge is 0.0992 e. The van der Waals surface area contributed by atoms with Crippen LogP contribution in [-0.2, 0) is 0 Å². The first kappa shape index (κ1) is 13.1. The van der Waals surface area contributed by atoms with E-state index in [1.165, 1.54) is 16.0 Å². The molecule has 3 rings (SSSR count). The van der Waals surface area contributed by atoms with Gasteiger partial charge in [-0.3, -0.25) is 0 Å². The standard InChI is InChI=1S/C17H16N2S/c1-12-6-7-13(9-18)8-16(12)19-10-14-11-20-17-5-3-2-4-15(14)17/h2-8,14,19H,10-11H2,1H3. The molecule has 0 spiro atoms.